The summed E-state index contributed by atoms with van der Waals surface area (Å²) < 4.78 is 0. The molecule has 0 fully saturated rings. The summed E-state index contributed by atoms with van der Waals surface area (Å²) in [6.45, 7) is 4.94. The summed E-state index contributed by atoms with van der Waals surface area (Å²) in [4.78, 5) is 46.0. The third-order valence-corrected chi connectivity index (χ3v) is 2.96. The molecule has 6 N–H and O–H groups in total. The molecule has 0 heterocycles. The van der Waals surface area contributed by atoms with Crippen LogP contribution < -0.4 is 27.0 Å². The molecular formula is C14H27N5O4. The summed E-state index contributed by atoms with van der Waals surface area (Å²) in [5, 5.41) is 9.55. The first kappa shape index (κ1) is 20.8. The number of nitrogens with one attached hydrogen (secondary N) is 4. The second kappa shape index (κ2) is 10.5. The lowest BCUT2D eigenvalue weighted by Gasteiger charge is -2.18. The third kappa shape index (κ3) is 9.46. The Hall–Kier alpha value is -2.16. The smallest absolute Gasteiger partial charge is 0.242 e. The average Bonchev–Trinajstić information content (AvgIpc) is 2.48. The molecule has 0 radical (unpaired) electrons. The number of likely N-dealkylation sites (N-methyl/N-ethyl adjacent to an activating group) is 1. The van der Waals surface area contributed by atoms with E-state index >= 15 is 0 Å². The van der Waals surface area contributed by atoms with Crippen molar-refractivity contribution in [1.82, 2.24) is 21.3 Å². The lowest BCUT2D eigenvalue weighted by molar-refractivity contribution is -0.130. The molecule has 0 aliphatic heterocycles. The normalized spacial score (nSPS) is 13.0. The molecule has 0 aliphatic rings. The van der Waals surface area contributed by atoms with Gasteiger partial charge in [-0.1, -0.05) is 13.8 Å². The quantitative estimate of drug-likeness (QED) is 0.327. The lowest BCUT2D eigenvalue weighted by Crippen LogP contribution is -2.52. The van der Waals surface area contributed by atoms with Gasteiger partial charge in [-0.25, -0.2) is 0 Å². The molecule has 132 valence electrons. The van der Waals surface area contributed by atoms with Crippen LogP contribution in [0, 0.1) is 5.92 Å². The van der Waals surface area contributed by atoms with Crippen molar-refractivity contribution in [2.24, 2.45) is 11.7 Å². The lowest BCUT2D eigenvalue weighted by atomic mass is 10.0. The first-order chi connectivity index (χ1) is 10.7. The van der Waals surface area contributed by atoms with Crippen molar-refractivity contribution in [2.75, 3.05) is 20.1 Å². The van der Waals surface area contributed by atoms with Gasteiger partial charge in [-0.05, 0) is 19.3 Å². The van der Waals surface area contributed by atoms with Gasteiger partial charge in [-0.2, -0.15) is 0 Å². The number of rotatable bonds is 9. The van der Waals surface area contributed by atoms with E-state index in [0.717, 1.165) is 0 Å². The Kier molecular flexibility index (Phi) is 9.56. The van der Waals surface area contributed by atoms with Gasteiger partial charge in [0, 0.05) is 7.05 Å². The number of hydrogen-bond donors (Lipinski definition) is 5. The second-order valence-electron chi connectivity index (χ2n) is 5.63. The van der Waals surface area contributed by atoms with Crippen LogP contribution >= 0.6 is 0 Å². The van der Waals surface area contributed by atoms with Crippen molar-refractivity contribution in [3.63, 3.8) is 0 Å². The van der Waals surface area contributed by atoms with Crippen LogP contribution in [0.15, 0.2) is 0 Å². The Morgan fingerprint density at radius 3 is 2.00 bits per heavy atom. The van der Waals surface area contributed by atoms with Crippen molar-refractivity contribution >= 4 is 23.6 Å². The van der Waals surface area contributed by atoms with E-state index in [1.807, 2.05) is 13.8 Å². The Morgan fingerprint density at radius 1 is 0.913 bits per heavy atom. The van der Waals surface area contributed by atoms with Crippen molar-refractivity contribution in [1.29, 1.82) is 0 Å². The van der Waals surface area contributed by atoms with E-state index in [-0.39, 0.29) is 24.9 Å². The summed E-state index contributed by atoms with van der Waals surface area (Å²) in [7, 11) is 1.45. The van der Waals surface area contributed by atoms with Crippen molar-refractivity contribution in [3.8, 4) is 0 Å². The van der Waals surface area contributed by atoms with E-state index in [9.17, 15) is 19.2 Å². The SMILES string of the molecule is CNC(=O)CNC(=O)CNC(=O)[C@H](C)NC(=O)[C@@H](N)CC(C)C. The molecule has 9 nitrogen and oxygen atoms in total. The number of hydrogen-bond acceptors (Lipinski definition) is 5. The standard InChI is InChI=1S/C14H27N5O4/c1-8(2)5-10(15)14(23)19-9(3)13(22)18-7-12(21)17-6-11(20)16-4/h8-10H,5-7,15H2,1-4H3,(H,16,20)(H,17,21)(H,18,22)(H,19,23)/t9-,10-/m0/s1. The molecule has 0 rings (SSSR count). The van der Waals surface area contributed by atoms with E-state index in [1.165, 1.54) is 14.0 Å². The number of carbonyl (C=O) groups excluding carboxylic acids is 4. The fourth-order valence-electron chi connectivity index (χ4n) is 1.65. The molecule has 0 aromatic carbocycles. The number of carbonyl (C=O) groups is 4. The predicted molar refractivity (Wildman–Crippen MR) is 85.1 cm³/mol. The molecule has 0 aromatic rings. The molecule has 4 amide bonds. The van der Waals surface area contributed by atoms with Gasteiger partial charge in [0.2, 0.25) is 23.6 Å². The van der Waals surface area contributed by atoms with Crippen LogP contribution in [0.5, 0.6) is 0 Å². The third-order valence-electron chi connectivity index (χ3n) is 2.96. The van der Waals surface area contributed by atoms with Crippen LogP contribution in [-0.2, 0) is 19.2 Å². The number of nitrogens with two attached hydrogens (primary N) is 1. The van der Waals surface area contributed by atoms with Crippen LogP contribution in [0.1, 0.15) is 27.2 Å². The maximum absolute atomic E-state index is 11.8. The Bertz CT molecular complexity index is 439. The highest BCUT2D eigenvalue weighted by Gasteiger charge is 2.21. The Morgan fingerprint density at radius 2 is 1.48 bits per heavy atom. The van der Waals surface area contributed by atoms with Crippen molar-refractivity contribution in [2.45, 2.75) is 39.3 Å². The fraction of sp³-hybridized carbons (Fsp3) is 0.714. The minimum absolute atomic E-state index is 0.165. The van der Waals surface area contributed by atoms with Crippen LogP contribution in [0.4, 0.5) is 0 Å². The van der Waals surface area contributed by atoms with E-state index < -0.39 is 29.8 Å². The molecule has 23 heavy (non-hydrogen) atoms. The molecule has 0 aliphatic carbocycles. The summed E-state index contributed by atoms with van der Waals surface area (Å²) in [5.41, 5.74) is 5.72. The highest BCUT2D eigenvalue weighted by molar-refractivity contribution is 5.92. The summed E-state index contributed by atoms with van der Waals surface area (Å²) in [6, 6.07) is -1.49. The second-order valence-corrected chi connectivity index (χ2v) is 5.63. The maximum Gasteiger partial charge on any atom is 0.242 e. The Labute approximate surface area is 136 Å². The topological polar surface area (TPSA) is 142 Å². The zero-order valence-electron chi connectivity index (χ0n) is 14.1. The summed E-state index contributed by atoms with van der Waals surface area (Å²) in [6.07, 6.45) is 0.516. The molecule has 0 bridgehead atoms. The van der Waals surface area contributed by atoms with Gasteiger partial charge >= 0.3 is 0 Å². The van der Waals surface area contributed by atoms with Gasteiger partial charge < -0.3 is 27.0 Å². The van der Waals surface area contributed by atoms with Crippen LogP contribution in [0.2, 0.25) is 0 Å². The summed E-state index contributed by atoms with van der Waals surface area (Å²) >= 11 is 0. The molecule has 2 atom stereocenters. The van der Waals surface area contributed by atoms with E-state index in [2.05, 4.69) is 21.3 Å². The largest absolute Gasteiger partial charge is 0.358 e. The van der Waals surface area contributed by atoms with Gasteiger partial charge in [0.05, 0.1) is 19.1 Å². The monoisotopic (exact) mass is 329 g/mol. The zero-order valence-corrected chi connectivity index (χ0v) is 14.1. The molecule has 0 saturated heterocycles. The van der Waals surface area contributed by atoms with Crippen LogP contribution in [0.3, 0.4) is 0 Å². The number of amides is 4. The minimum atomic E-state index is -0.813. The highest BCUT2D eigenvalue weighted by Crippen LogP contribution is 2.02. The van der Waals surface area contributed by atoms with Crippen molar-refractivity contribution < 1.29 is 19.2 Å². The first-order valence-corrected chi connectivity index (χ1v) is 7.48. The molecular weight excluding hydrogens is 302 g/mol. The highest BCUT2D eigenvalue weighted by atomic mass is 16.2. The molecule has 9 heteroatoms. The van der Waals surface area contributed by atoms with Gasteiger partial charge in [0.1, 0.15) is 6.04 Å². The van der Waals surface area contributed by atoms with Crippen LogP contribution in [-0.4, -0.2) is 55.8 Å². The minimum Gasteiger partial charge on any atom is -0.358 e. The molecule has 0 saturated carbocycles. The molecule has 0 spiro atoms. The maximum atomic E-state index is 11.8. The zero-order chi connectivity index (χ0) is 18.0. The van der Waals surface area contributed by atoms with E-state index in [4.69, 9.17) is 5.73 Å². The van der Waals surface area contributed by atoms with Gasteiger partial charge in [0.25, 0.3) is 0 Å². The Balaban J connectivity index is 4.13. The predicted octanol–water partition coefficient (Wildman–Crippen LogP) is -2.16. The van der Waals surface area contributed by atoms with Gasteiger partial charge in [0.15, 0.2) is 0 Å². The molecule has 0 aromatic heterocycles. The molecule has 0 unspecified atom stereocenters. The summed E-state index contributed by atoms with van der Waals surface area (Å²) in [5.74, 6) is -1.50. The fourth-order valence-corrected chi connectivity index (χ4v) is 1.65. The average molecular weight is 329 g/mol. The van der Waals surface area contributed by atoms with Gasteiger partial charge in [-0.15, -0.1) is 0 Å². The van der Waals surface area contributed by atoms with Gasteiger partial charge in [-0.3, -0.25) is 19.2 Å². The van der Waals surface area contributed by atoms with Crippen LogP contribution in [0.25, 0.3) is 0 Å². The van der Waals surface area contributed by atoms with Crippen molar-refractivity contribution in [3.05, 3.63) is 0 Å². The van der Waals surface area contributed by atoms with E-state index in [1.54, 1.807) is 0 Å². The van der Waals surface area contributed by atoms with E-state index in [0.29, 0.717) is 6.42 Å². The first-order valence-electron chi connectivity index (χ1n) is 7.48.